The second-order valence-corrected chi connectivity index (χ2v) is 8.15. The molecule has 164 valence electrons. The first-order valence-electron chi connectivity index (χ1n) is 10.1. The lowest BCUT2D eigenvalue weighted by atomic mass is 9.97. The van der Waals surface area contributed by atoms with E-state index in [0.717, 1.165) is 27.6 Å². The van der Waals surface area contributed by atoms with Gasteiger partial charge in [0.05, 0.1) is 32.9 Å². The second-order valence-electron chi connectivity index (χ2n) is 7.29. The minimum absolute atomic E-state index is 0.114. The van der Waals surface area contributed by atoms with E-state index in [4.69, 9.17) is 14.2 Å². The highest BCUT2D eigenvalue weighted by Gasteiger charge is 2.18. The van der Waals surface area contributed by atoms with Crippen LogP contribution in [0.15, 0.2) is 60.0 Å². The fourth-order valence-electron chi connectivity index (χ4n) is 3.47. The summed E-state index contributed by atoms with van der Waals surface area (Å²) in [5, 5.41) is 7.49. The molecule has 0 aliphatic heterocycles. The first kappa shape index (κ1) is 21.6. The number of anilines is 1. The van der Waals surface area contributed by atoms with Crippen molar-refractivity contribution in [2.24, 2.45) is 0 Å². The van der Waals surface area contributed by atoms with E-state index < -0.39 is 0 Å². The summed E-state index contributed by atoms with van der Waals surface area (Å²) in [6.07, 6.45) is 0. The van der Waals surface area contributed by atoms with Crippen LogP contribution in [0.4, 0.5) is 5.13 Å². The summed E-state index contributed by atoms with van der Waals surface area (Å²) in [6, 6.07) is 17.4. The molecular weight excluding hydrogens is 424 g/mol. The van der Waals surface area contributed by atoms with Gasteiger partial charge in [-0.1, -0.05) is 24.3 Å². The van der Waals surface area contributed by atoms with E-state index in [1.165, 1.54) is 11.3 Å². The highest BCUT2D eigenvalue weighted by atomic mass is 32.1. The average molecular weight is 449 g/mol. The molecule has 1 N–H and O–H groups in total. The van der Waals surface area contributed by atoms with Crippen LogP contribution in [-0.4, -0.2) is 32.2 Å². The lowest BCUT2D eigenvalue weighted by Crippen LogP contribution is -2.18. The number of nitrogens with one attached hydrogen (secondary N) is 1. The number of methoxy groups -OCH3 is 3. The Morgan fingerprint density at radius 1 is 0.906 bits per heavy atom. The van der Waals surface area contributed by atoms with Crippen LogP contribution in [0.25, 0.3) is 22.0 Å². The quantitative estimate of drug-likeness (QED) is 0.391. The number of amides is 1. The third-order valence-electron chi connectivity index (χ3n) is 5.38. The van der Waals surface area contributed by atoms with Crippen molar-refractivity contribution in [2.75, 3.05) is 26.6 Å². The monoisotopic (exact) mass is 448 g/mol. The van der Waals surface area contributed by atoms with Gasteiger partial charge in [0.25, 0.3) is 0 Å². The molecule has 0 bridgehead atoms. The maximum absolute atomic E-state index is 12.9. The van der Waals surface area contributed by atoms with Crippen LogP contribution in [0.1, 0.15) is 18.4 Å². The van der Waals surface area contributed by atoms with Crippen molar-refractivity contribution in [3.8, 4) is 28.5 Å². The van der Waals surface area contributed by atoms with Gasteiger partial charge in [0.2, 0.25) is 5.91 Å². The highest BCUT2D eigenvalue weighted by molar-refractivity contribution is 7.14. The third-order valence-corrected chi connectivity index (χ3v) is 6.14. The van der Waals surface area contributed by atoms with E-state index >= 15 is 0 Å². The molecule has 3 aromatic carbocycles. The van der Waals surface area contributed by atoms with E-state index in [1.54, 1.807) is 21.3 Å². The van der Waals surface area contributed by atoms with Crippen molar-refractivity contribution >= 4 is 33.1 Å². The van der Waals surface area contributed by atoms with Crippen LogP contribution < -0.4 is 19.5 Å². The molecule has 1 amide bonds. The van der Waals surface area contributed by atoms with Crippen molar-refractivity contribution in [3.63, 3.8) is 0 Å². The molecule has 1 aromatic heterocycles. The summed E-state index contributed by atoms with van der Waals surface area (Å²) >= 11 is 1.37. The Balaban J connectivity index is 1.52. The van der Waals surface area contributed by atoms with Gasteiger partial charge in [0.15, 0.2) is 5.13 Å². The predicted octanol–water partition coefficient (Wildman–Crippen LogP) is 5.73. The zero-order valence-corrected chi connectivity index (χ0v) is 19.2. The van der Waals surface area contributed by atoms with Crippen LogP contribution in [0.2, 0.25) is 0 Å². The Morgan fingerprint density at radius 3 is 2.34 bits per heavy atom. The topological polar surface area (TPSA) is 69.7 Å². The largest absolute Gasteiger partial charge is 0.497 e. The van der Waals surface area contributed by atoms with E-state index in [9.17, 15) is 4.79 Å². The third kappa shape index (κ3) is 4.38. The van der Waals surface area contributed by atoms with Crippen molar-refractivity contribution in [1.82, 2.24) is 4.98 Å². The SMILES string of the molecule is COc1ccc(OC)c(-c2csc(NC(=O)[C@@H](C)c3ccc4cc(OC)ccc4c3)n2)c1. The number of hydrogen-bond donors (Lipinski definition) is 1. The number of carbonyl (C=O) groups excluding carboxylic acids is 1. The standard InChI is InChI=1S/C25H24N2O4S/c1-15(16-5-6-18-12-19(29-2)8-7-17(18)11-16)24(28)27-25-26-22(14-32-25)21-13-20(30-3)9-10-23(21)31-4/h5-15H,1-4H3,(H,26,27,28)/t15-/m0/s1. The zero-order valence-electron chi connectivity index (χ0n) is 18.3. The predicted molar refractivity (Wildman–Crippen MR) is 128 cm³/mol. The summed E-state index contributed by atoms with van der Waals surface area (Å²) in [6.45, 7) is 1.89. The van der Waals surface area contributed by atoms with Crippen molar-refractivity contribution in [3.05, 3.63) is 65.5 Å². The van der Waals surface area contributed by atoms with Crippen LogP contribution in [-0.2, 0) is 4.79 Å². The van der Waals surface area contributed by atoms with Gasteiger partial charge in [-0.3, -0.25) is 4.79 Å². The molecule has 0 spiro atoms. The fourth-order valence-corrected chi connectivity index (χ4v) is 4.19. The van der Waals surface area contributed by atoms with Gasteiger partial charge in [0.1, 0.15) is 17.2 Å². The normalized spacial score (nSPS) is 11.8. The van der Waals surface area contributed by atoms with Gasteiger partial charge in [-0.2, -0.15) is 0 Å². The summed E-state index contributed by atoms with van der Waals surface area (Å²) in [5.74, 6) is 1.76. The second kappa shape index (κ2) is 9.28. The van der Waals surface area contributed by atoms with Gasteiger partial charge in [-0.15, -0.1) is 11.3 Å². The van der Waals surface area contributed by atoms with E-state index in [2.05, 4.69) is 10.3 Å². The van der Waals surface area contributed by atoms with E-state index in [0.29, 0.717) is 22.3 Å². The Morgan fingerprint density at radius 2 is 1.59 bits per heavy atom. The number of thiazole rings is 1. The maximum atomic E-state index is 12.9. The van der Waals surface area contributed by atoms with Crippen LogP contribution in [0.3, 0.4) is 0 Å². The lowest BCUT2D eigenvalue weighted by Gasteiger charge is -2.12. The number of benzene rings is 3. The van der Waals surface area contributed by atoms with Gasteiger partial charge in [-0.25, -0.2) is 4.98 Å². The molecule has 0 aliphatic carbocycles. The summed E-state index contributed by atoms with van der Waals surface area (Å²) < 4.78 is 16.0. The highest BCUT2D eigenvalue weighted by Crippen LogP contribution is 2.35. The average Bonchev–Trinajstić information content (AvgIpc) is 3.30. The molecule has 0 radical (unpaired) electrons. The molecular formula is C25H24N2O4S. The first-order valence-corrected chi connectivity index (χ1v) is 11.0. The summed E-state index contributed by atoms with van der Waals surface area (Å²) in [5.41, 5.74) is 2.46. The molecule has 4 rings (SSSR count). The first-order chi connectivity index (χ1) is 15.5. The Labute approximate surface area is 190 Å². The number of rotatable bonds is 7. The van der Waals surface area contributed by atoms with Crippen LogP contribution in [0, 0.1) is 0 Å². The van der Waals surface area contributed by atoms with Crippen molar-refractivity contribution < 1.29 is 19.0 Å². The smallest absolute Gasteiger partial charge is 0.233 e. The molecule has 6 nitrogen and oxygen atoms in total. The number of carbonyl (C=O) groups is 1. The maximum Gasteiger partial charge on any atom is 0.233 e. The molecule has 0 saturated carbocycles. The molecule has 0 fully saturated rings. The molecule has 0 unspecified atom stereocenters. The summed E-state index contributed by atoms with van der Waals surface area (Å²) in [7, 11) is 4.88. The van der Waals surface area contributed by atoms with Crippen molar-refractivity contribution in [2.45, 2.75) is 12.8 Å². The van der Waals surface area contributed by atoms with Gasteiger partial charge < -0.3 is 19.5 Å². The van der Waals surface area contributed by atoms with Gasteiger partial charge >= 0.3 is 0 Å². The molecule has 4 aromatic rings. The number of hydrogen-bond acceptors (Lipinski definition) is 6. The minimum Gasteiger partial charge on any atom is -0.497 e. The lowest BCUT2D eigenvalue weighted by molar-refractivity contribution is -0.117. The fraction of sp³-hybridized carbons (Fsp3) is 0.200. The molecule has 1 atom stereocenters. The van der Waals surface area contributed by atoms with E-state index in [-0.39, 0.29) is 11.8 Å². The molecule has 0 saturated heterocycles. The summed E-state index contributed by atoms with van der Waals surface area (Å²) in [4.78, 5) is 17.5. The van der Waals surface area contributed by atoms with Crippen LogP contribution >= 0.6 is 11.3 Å². The minimum atomic E-state index is -0.333. The number of nitrogens with zero attached hydrogens (tertiary/aromatic N) is 1. The number of aromatic nitrogens is 1. The van der Waals surface area contributed by atoms with E-state index in [1.807, 2.05) is 66.9 Å². The number of fused-ring (bicyclic) bond motifs is 1. The molecule has 1 heterocycles. The molecule has 7 heteroatoms. The van der Waals surface area contributed by atoms with Crippen LogP contribution in [0.5, 0.6) is 17.2 Å². The van der Waals surface area contributed by atoms with Crippen molar-refractivity contribution in [1.29, 1.82) is 0 Å². The zero-order chi connectivity index (χ0) is 22.7. The molecule has 32 heavy (non-hydrogen) atoms. The number of ether oxygens (including phenoxy) is 3. The Kier molecular flexibility index (Phi) is 6.28. The molecule has 0 aliphatic rings. The Bertz CT molecular complexity index is 1270. The Hall–Kier alpha value is -3.58. The van der Waals surface area contributed by atoms with Gasteiger partial charge in [-0.05, 0) is 53.6 Å². The van der Waals surface area contributed by atoms with Gasteiger partial charge in [0, 0.05) is 10.9 Å².